The molecule has 2 rings (SSSR count). The maximum Gasteiger partial charge on any atom is 0.387 e. The number of hydrogen-bond donors (Lipinski definition) is 2. The number of aliphatic hydroxyl groups excluding tert-OH is 1. The number of para-hydroxylation sites is 2. The van der Waals surface area contributed by atoms with Crippen molar-refractivity contribution in [2.45, 2.75) is 13.2 Å². The van der Waals surface area contributed by atoms with E-state index in [1.54, 1.807) is 30.3 Å². The first-order valence-corrected chi connectivity index (χ1v) is 6.15. The van der Waals surface area contributed by atoms with Crippen molar-refractivity contribution in [1.82, 2.24) is 0 Å². The fraction of sp³-hybridized carbons (Fsp3) is 0.133. The van der Waals surface area contributed by atoms with Crippen LogP contribution in [-0.4, -0.2) is 17.6 Å². The van der Waals surface area contributed by atoms with Crippen LogP contribution in [0.4, 0.5) is 14.5 Å². The van der Waals surface area contributed by atoms with Gasteiger partial charge >= 0.3 is 6.61 Å². The van der Waals surface area contributed by atoms with Gasteiger partial charge in [0, 0.05) is 11.3 Å². The summed E-state index contributed by atoms with van der Waals surface area (Å²) in [5.41, 5.74) is 0.931. The maximum atomic E-state index is 12.3. The van der Waals surface area contributed by atoms with E-state index in [4.69, 9.17) is 0 Å². The van der Waals surface area contributed by atoms with E-state index in [-0.39, 0.29) is 17.9 Å². The number of anilines is 1. The molecule has 0 aliphatic carbocycles. The minimum atomic E-state index is -3.01. The minimum Gasteiger partial charge on any atom is -0.434 e. The predicted octanol–water partition coefficient (Wildman–Crippen LogP) is 3.03. The van der Waals surface area contributed by atoms with Gasteiger partial charge in [0.05, 0.1) is 12.2 Å². The summed E-state index contributed by atoms with van der Waals surface area (Å²) in [6.07, 6.45) is 0. The lowest BCUT2D eigenvalue weighted by atomic mass is 10.1. The highest BCUT2D eigenvalue weighted by Gasteiger charge is 2.16. The van der Waals surface area contributed by atoms with Crippen molar-refractivity contribution in [2.24, 2.45) is 0 Å². The van der Waals surface area contributed by atoms with Crippen LogP contribution in [0.3, 0.4) is 0 Å². The summed E-state index contributed by atoms with van der Waals surface area (Å²) in [5, 5.41) is 11.8. The smallest absolute Gasteiger partial charge is 0.387 e. The van der Waals surface area contributed by atoms with Gasteiger partial charge in [-0.3, -0.25) is 4.79 Å². The number of carbonyl (C=O) groups is 1. The van der Waals surface area contributed by atoms with Gasteiger partial charge in [-0.1, -0.05) is 30.3 Å². The van der Waals surface area contributed by atoms with E-state index in [2.05, 4.69) is 10.1 Å². The number of carbonyl (C=O) groups excluding carboxylic acids is 1. The molecule has 2 aromatic rings. The predicted molar refractivity (Wildman–Crippen MR) is 73.4 cm³/mol. The number of aliphatic hydroxyl groups is 1. The number of amides is 1. The SMILES string of the molecule is O=C(Nc1ccccc1CO)c1ccccc1OC(F)F. The molecule has 0 aromatic heterocycles. The van der Waals surface area contributed by atoms with Crippen molar-refractivity contribution in [1.29, 1.82) is 0 Å². The average Bonchev–Trinajstić information content (AvgIpc) is 2.47. The standard InChI is InChI=1S/C15H13F2NO3/c16-15(17)21-13-8-4-2-6-11(13)14(20)18-12-7-3-1-5-10(12)9-19/h1-8,15,19H,9H2,(H,18,20). The van der Waals surface area contributed by atoms with Gasteiger partial charge in [0.25, 0.3) is 5.91 Å². The molecule has 0 bridgehead atoms. The molecule has 0 fully saturated rings. The Labute approximate surface area is 120 Å². The third-order valence-corrected chi connectivity index (χ3v) is 2.78. The number of nitrogens with one attached hydrogen (secondary N) is 1. The quantitative estimate of drug-likeness (QED) is 0.891. The van der Waals surface area contributed by atoms with Gasteiger partial charge in [-0.15, -0.1) is 0 Å². The van der Waals surface area contributed by atoms with Gasteiger partial charge in [0.2, 0.25) is 0 Å². The second-order valence-corrected chi connectivity index (χ2v) is 4.14. The number of benzene rings is 2. The van der Waals surface area contributed by atoms with Crippen molar-refractivity contribution in [3.05, 3.63) is 59.7 Å². The van der Waals surface area contributed by atoms with E-state index in [1.165, 1.54) is 18.2 Å². The van der Waals surface area contributed by atoms with Crippen molar-refractivity contribution >= 4 is 11.6 Å². The van der Waals surface area contributed by atoms with Gasteiger partial charge < -0.3 is 15.2 Å². The molecule has 0 saturated heterocycles. The van der Waals surface area contributed by atoms with Crippen LogP contribution in [0.1, 0.15) is 15.9 Å². The van der Waals surface area contributed by atoms with Crippen molar-refractivity contribution in [2.75, 3.05) is 5.32 Å². The molecule has 0 unspecified atom stereocenters. The molecule has 110 valence electrons. The van der Waals surface area contributed by atoms with E-state index in [1.807, 2.05) is 0 Å². The molecule has 1 amide bonds. The van der Waals surface area contributed by atoms with Gasteiger partial charge in [-0.25, -0.2) is 0 Å². The van der Waals surface area contributed by atoms with Crippen LogP contribution in [0.5, 0.6) is 5.75 Å². The number of halogens is 2. The van der Waals surface area contributed by atoms with Crippen LogP contribution >= 0.6 is 0 Å². The van der Waals surface area contributed by atoms with Gasteiger partial charge in [0.15, 0.2) is 0 Å². The molecule has 2 N–H and O–H groups in total. The summed E-state index contributed by atoms with van der Waals surface area (Å²) < 4.78 is 29.0. The van der Waals surface area contributed by atoms with Crippen LogP contribution in [0.25, 0.3) is 0 Å². The first-order chi connectivity index (χ1) is 10.1. The molecule has 0 spiro atoms. The first-order valence-electron chi connectivity index (χ1n) is 6.15. The van der Waals surface area contributed by atoms with Crippen molar-refractivity contribution < 1.29 is 23.4 Å². The first kappa shape index (κ1) is 14.9. The largest absolute Gasteiger partial charge is 0.434 e. The van der Waals surface area contributed by atoms with E-state index in [0.29, 0.717) is 11.3 Å². The topological polar surface area (TPSA) is 58.6 Å². The van der Waals surface area contributed by atoms with E-state index >= 15 is 0 Å². The summed E-state index contributed by atoms with van der Waals surface area (Å²) in [6.45, 7) is -3.25. The fourth-order valence-electron chi connectivity index (χ4n) is 1.82. The molecule has 0 saturated carbocycles. The zero-order valence-electron chi connectivity index (χ0n) is 10.9. The number of ether oxygens (including phenoxy) is 1. The number of hydrogen-bond acceptors (Lipinski definition) is 3. The Morgan fingerprint density at radius 3 is 2.52 bits per heavy atom. The Balaban J connectivity index is 2.24. The van der Waals surface area contributed by atoms with Gasteiger partial charge in [0.1, 0.15) is 5.75 Å². The van der Waals surface area contributed by atoms with Crippen LogP contribution in [0, 0.1) is 0 Å². The summed E-state index contributed by atoms with van der Waals surface area (Å²) in [4.78, 5) is 12.2. The van der Waals surface area contributed by atoms with Crippen LogP contribution in [-0.2, 0) is 6.61 Å². The molecule has 4 nitrogen and oxygen atoms in total. The van der Waals surface area contributed by atoms with Gasteiger partial charge in [-0.05, 0) is 18.2 Å². The second-order valence-electron chi connectivity index (χ2n) is 4.14. The highest BCUT2D eigenvalue weighted by molar-refractivity contribution is 6.06. The minimum absolute atomic E-state index is 0.00876. The normalized spacial score (nSPS) is 10.5. The van der Waals surface area contributed by atoms with Crippen LogP contribution in [0.2, 0.25) is 0 Å². The fourth-order valence-corrected chi connectivity index (χ4v) is 1.82. The lowest BCUT2D eigenvalue weighted by Gasteiger charge is -2.12. The Morgan fingerprint density at radius 1 is 1.14 bits per heavy atom. The van der Waals surface area contributed by atoms with E-state index < -0.39 is 12.5 Å². The number of alkyl halides is 2. The number of rotatable bonds is 5. The van der Waals surface area contributed by atoms with E-state index in [0.717, 1.165) is 0 Å². The lowest BCUT2D eigenvalue weighted by molar-refractivity contribution is -0.0501. The summed E-state index contributed by atoms with van der Waals surface area (Å²) in [6, 6.07) is 12.4. The van der Waals surface area contributed by atoms with Crippen LogP contribution < -0.4 is 10.1 Å². The summed E-state index contributed by atoms with van der Waals surface area (Å²) in [5.74, 6) is -0.793. The zero-order chi connectivity index (χ0) is 15.2. The molecule has 0 heterocycles. The maximum absolute atomic E-state index is 12.3. The summed E-state index contributed by atoms with van der Waals surface area (Å²) >= 11 is 0. The molecule has 2 aromatic carbocycles. The Morgan fingerprint density at radius 2 is 1.81 bits per heavy atom. The van der Waals surface area contributed by atoms with E-state index in [9.17, 15) is 18.7 Å². The monoisotopic (exact) mass is 293 g/mol. The lowest BCUT2D eigenvalue weighted by Crippen LogP contribution is -2.16. The molecule has 0 radical (unpaired) electrons. The molecule has 21 heavy (non-hydrogen) atoms. The third-order valence-electron chi connectivity index (χ3n) is 2.78. The molecule has 0 atom stereocenters. The van der Waals surface area contributed by atoms with Gasteiger partial charge in [-0.2, -0.15) is 8.78 Å². The van der Waals surface area contributed by atoms with Crippen LogP contribution in [0.15, 0.2) is 48.5 Å². The molecular formula is C15H13F2NO3. The highest BCUT2D eigenvalue weighted by atomic mass is 19.3. The molecule has 0 aliphatic rings. The zero-order valence-corrected chi connectivity index (χ0v) is 10.9. The molecule has 0 aliphatic heterocycles. The molecule has 6 heteroatoms. The highest BCUT2D eigenvalue weighted by Crippen LogP contribution is 2.22. The third kappa shape index (κ3) is 3.76. The Hall–Kier alpha value is -2.47. The summed E-state index contributed by atoms with van der Waals surface area (Å²) in [7, 11) is 0. The Kier molecular flexibility index (Phi) is 4.84. The second kappa shape index (κ2) is 6.81. The molecular weight excluding hydrogens is 280 g/mol. The Bertz CT molecular complexity index is 632. The van der Waals surface area contributed by atoms with Crippen molar-refractivity contribution in [3.8, 4) is 5.75 Å². The average molecular weight is 293 g/mol. The van der Waals surface area contributed by atoms with Crippen molar-refractivity contribution in [3.63, 3.8) is 0 Å².